The number of nitrogens with two attached hydrogens (primary N) is 1. The van der Waals surface area contributed by atoms with E-state index in [1.165, 1.54) is 11.3 Å². The van der Waals surface area contributed by atoms with Crippen molar-refractivity contribution < 1.29 is 4.43 Å². The van der Waals surface area contributed by atoms with Crippen LogP contribution in [-0.4, -0.2) is 13.3 Å². The van der Waals surface area contributed by atoms with Gasteiger partial charge < -0.3 is 10.2 Å². The largest absolute Gasteiger partial charge is 0.689 e. The van der Waals surface area contributed by atoms with Gasteiger partial charge in [0, 0.05) is 8.32 Å². The summed E-state index contributed by atoms with van der Waals surface area (Å²) in [7, 11) is -1.77. The Balaban J connectivity index is 2.32. The van der Waals surface area contributed by atoms with E-state index in [0.717, 1.165) is 16.0 Å². The smallest absolute Gasteiger partial charge is 0.181 e. The highest BCUT2D eigenvalue weighted by atomic mass is 32.1. The number of hydrogen-bond donors (Lipinski definition) is 1. The first-order valence-corrected chi connectivity index (χ1v) is 9.77. The van der Waals surface area contributed by atoms with Gasteiger partial charge in [0.2, 0.25) is 0 Å². The standard InChI is InChI=1S/C13H20N2OSSi/c1-13(2,3)18(4,5)16-9-6-7-10-11(8-9)17-12(14)15-10/h6-8H,1-5H3,(H2,14,15)/q-1. The molecular formula is C13H20N2OSSi-. The summed E-state index contributed by atoms with van der Waals surface area (Å²) in [6.07, 6.45) is 0. The SMILES string of the molecule is CC(C)(C)[Si-](C)(C)Oc1ccc2nc(N)sc2c1. The number of anilines is 1. The van der Waals surface area contributed by atoms with Crippen LogP contribution >= 0.6 is 11.3 Å². The van der Waals surface area contributed by atoms with Crippen LogP contribution in [0.4, 0.5) is 5.13 Å². The molecular weight excluding hydrogens is 260 g/mol. The number of benzene rings is 1. The molecule has 0 saturated carbocycles. The van der Waals surface area contributed by atoms with Gasteiger partial charge in [-0.2, -0.15) is 0 Å². The molecule has 1 heterocycles. The quantitative estimate of drug-likeness (QED) is 0.836. The van der Waals surface area contributed by atoms with E-state index in [-0.39, 0.29) is 5.04 Å². The molecule has 0 amide bonds. The third kappa shape index (κ3) is 2.52. The third-order valence-corrected chi connectivity index (χ3v) is 8.76. The van der Waals surface area contributed by atoms with Crippen LogP contribution in [0, 0.1) is 0 Å². The third-order valence-electron chi connectivity index (χ3n) is 3.56. The predicted octanol–water partition coefficient (Wildman–Crippen LogP) is 4.26. The maximum absolute atomic E-state index is 6.26. The van der Waals surface area contributed by atoms with Crippen molar-refractivity contribution in [3.63, 3.8) is 0 Å². The lowest BCUT2D eigenvalue weighted by molar-refractivity contribution is 0.493. The van der Waals surface area contributed by atoms with Crippen LogP contribution in [0.25, 0.3) is 10.2 Å². The zero-order chi connectivity index (χ0) is 13.6. The summed E-state index contributed by atoms with van der Waals surface area (Å²) in [6.45, 7) is 11.2. The maximum atomic E-state index is 6.26. The van der Waals surface area contributed by atoms with Crippen LogP contribution in [0.5, 0.6) is 5.75 Å². The number of thiazole rings is 1. The lowest BCUT2D eigenvalue weighted by Gasteiger charge is -2.48. The zero-order valence-electron chi connectivity index (χ0n) is 11.6. The highest BCUT2D eigenvalue weighted by molar-refractivity contribution is 7.22. The molecule has 0 unspecified atom stereocenters. The summed E-state index contributed by atoms with van der Waals surface area (Å²) in [5, 5.41) is 0.809. The minimum atomic E-state index is -1.77. The zero-order valence-corrected chi connectivity index (χ0v) is 13.4. The molecule has 2 aromatic rings. The molecule has 0 bridgehead atoms. The molecule has 0 spiro atoms. The molecule has 5 heteroatoms. The average Bonchev–Trinajstić information content (AvgIpc) is 2.54. The van der Waals surface area contributed by atoms with Crippen molar-refractivity contribution >= 4 is 35.0 Å². The molecule has 0 radical (unpaired) electrons. The Morgan fingerprint density at radius 1 is 1.28 bits per heavy atom. The van der Waals surface area contributed by atoms with Crippen LogP contribution in [0.2, 0.25) is 18.1 Å². The van der Waals surface area contributed by atoms with Crippen molar-refractivity contribution in [1.82, 2.24) is 4.98 Å². The van der Waals surface area contributed by atoms with Gasteiger partial charge in [-0.3, -0.25) is 0 Å². The molecule has 18 heavy (non-hydrogen) atoms. The van der Waals surface area contributed by atoms with E-state index in [1.807, 2.05) is 18.2 Å². The number of aromatic nitrogens is 1. The first kappa shape index (κ1) is 13.4. The molecule has 0 atom stereocenters. The minimum Gasteiger partial charge on any atom is -0.689 e. The van der Waals surface area contributed by atoms with Gasteiger partial charge in [-0.05, 0) is 18.2 Å². The molecule has 2 N–H and O–H groups in total. The molecule has 99 valence electrons. The fourth-order valence-corrected chi connectivity index (χ4v) is 3.22. The van der Waals surface area contributed by atoms with Crippen molar-refractivity contribution in [2.75, 3.05) is 5.73 Å². The molecule has 3 nitrogen and oxygen atoms in total. The van der Waals surface area contributed by atoms with Gasteiger partial charge in [0.05, 0.1) is 16.0 Å². The van der Waals surface area contributed by atoms with Crippen LogP contribution in [0.15, 0.2) is 18.2 Å². The normalized spacial score (nSPS) is 12.9. The highest BCUT2D eigenvalue weighted by Crippen LogP contribution is 2.38. The Bertz CT molecular complexity index is 572. The maximum Gasteiger partial charge on any atom is 0.181 e. The molecule has 0 aliphatic carbocycles. The van der Waals surface area contributed by atoms with Crippen molar-refractivity contribution in [1.29, 1.82) is 0 Å². The first-order chi connectivity index (χ1) is 8.19. The monoisotopic (exact) mass is 280 g/mol. The Morgan fingerprint density at radius 3 is 2.56 bits per heavy atom. The van der Waals surface area contributed by atoms with Gasteiger partial charge in [0.25, 0.3) is 0 Å². The van der Waals surface area contributed by atoms with Crippen LogP contribution in [0.1, 0.15) is 20.8 Å². The van der Waals surface area contributed by atoms with Crippen molar-refractivity contribution in [2.45, 2.75) is 38.9 Å². The first-order valence-electron chi connectivity index (χ1n) is 6.04. The number of rotatable bonds is 2. The lowest BCUT2D eigenvalue weighted by atomic mass is 10.2. The van der Waals surface area contributed by atoms with Crippen LogP contribution in [0.3, 0.4) is 0 Å². The Kier molecular flexibility index (Phi) is 3.15. The molecule has 0 aliphatic rings. The minimum absolute atomic E-state index is 0.203. The Labute approximate surface area is 113 Å². The van der Waals surface area contributed by atoms with E-state index in [9.17, 15) is 0 Å². The highest BCUT2D eigenvalue weighted by Gasteiger charge is 2.26. The van der Waals surface area contributed by atoms with E-state index >= 15 is 0 Å². The summed E-state index contributed by atoms with van der Waals surface area (Å²) >= 11 is 1.50. The number of nitrogens with zero attached hydrogens (tertiary/aromatic N) is 1. The van der Waals surface area contributed by atoms with Gasteiger partial charge in [-0.1, -0.05) is 32.1 Å². The summed E-state index contributed by atoms with van der Waals surface area (Å²) in [6, 6.07) is 6.01. The van der Waals surface area contributed by atoms with Gasteiger partial charge >= 0.3 is 0 Å². The second-order valence-corrected chi connectivity index (χ2v) is 11.8. The summed E-state index contributed by atoms with van der Waals surface area (Å²) < 4.78 is 7.35. The fraction of sp³-hybridized carbons (Fsp3) is 0.462. The lowest BCUT2D eigenvalue weighted by Crippen LogP contribution is -2.43. The van der Waals surface area contributed by atoms with Crippen molar-refractivity contribution in [3.05, 3.63) is 18.2 Å². The summed E-state index contributed by atoms with van der Waals surface area (Å²) in [5.74, 6) is 0.928. The fourth-order valence-electron chi connectivity index (χ4n) is 1.43. The topological polar surface area (TPSA) is 48.1 Å². The van der Waals surface area contributed by atoms with E-state index in [4.69, 9.17) is 10.2 Å². The van der Waals surface area contributed by atoms with Gasteiger partial charge in [-0.25, -0.2) is 4.98 Å². The van der Waals surface area contributed by atoms with Crippen LogP contribution in [-0.2, 0) is 0 Å². The molecule has 0 saturated heterocycles. The Morgan fingerprint density at radius 2 is 1.94 bits per heavy atom. The van der Waals surface area contributed by atoms with Gasteiger partial charge in [0.1, 0.15) is 0 Å². The van der Waals surface area contributed by atoms with Crippen molar-refractivity contribution in [3.8, 4) is 5.75 Å². The molecule has 2 rings (SSSR count). The molecule has 0 fully saturated rings. The number of nitrogen functional groups attached to an aromatic ring is 1. The van der Waals surface area contributed by atoms with E-state index in [0.29, 0.717) is 5.13 Å². The second kappa shape index (κ2) is 4.24. The predicted molar refractivity (Wildman–Crippen MR) is 81.9 cm³/mol. The van der Waals surface area contributed by atoms with E-state index in [2.05, 4.69) is 38.8 Å². The number of fused-ring (bicyclic) bond motifs is 1. The summed E-state index contributed by atoms with van der Waals surface area (Å²) in [4.78, 5) is 4.25. The van der Waals surface area contributed by atoms with Crippen LogP contribution < -0.4 is 10.2 Å². The second-order valence-electron chi connectivity index (χ2n) is 6.04. The molecule has 0 aliphatic heterocycles. The Hall–Kier alpha value is -1.07. The summed E-state index contributed by atoms with van der Waals surface area (Å²) in [5.41, 5.74) is 6.66. The van der Waals surface area contributed by atoms with Gasteiger partial charge in [-0.15, -0.1) is 18.1 Å². The van der Waals surface area contributed by atoms with Crippen molar-refractivity contribution in [2.24, 2.45) is 0 Å². The van der Waals surface area contributed by atoms with E-state index in [1.54, 1.807) is 0 Å². The van der Waals surface area contributed by atoms with Gasteiger partial charge in [0.15, 0.2) is 5.13 Å². The number of hydrogen-bond acceptors (Lipinski definition) is 4. The molecule has 1 aromatic carbocycles. The van der Waals surface area contributed by atoms with E-state index < -0.39 is 8.32 Å². The molecule has 1 aromatic heterocycles. The average molecular weight is 280 g/mol.